The Morgan fingerprint density at radius 1 is 1.24 bits per heavy atom. The Morgan fingerprint density at radius 3 is 2.35 bits per heavy atom. The van der Waals surface area contributed by atoms with E-state index in [-0.39, 0.29) is 11.6 Å². The number of nitrogens with one attached hydrogen (secondary N) is 2. The van der Waals surface area contributed by atoms with Crippen molar-refractivity contribution in [2.45, 2.75) is 32.7 Å². The first-order valence-electron chi connectivity index (χ1n) is 5.67. The van der Waals surface area contributed by atoms with E-state index >= 15 is 0 Å². The van der Waals surface area contributed by atoms with Gasteiger partial charge in [0.15, 0.2) is 0 Å². The van der Waals surface area contributed by atoms with Gasteiger partial charge in [0.1, 0.15) is 0 Å². The highest BCUT2D eigenvalue weighted by atomic mass is 79.9. The van der Waals surface area contributed by atoms with E-state index in [1.807, 2.05) is 45.0 Å². The number of urea groups is 1. The lowest BCUT2D eigenvalue weighted by Gasteiger charge is -2.20. The first kappa shape index (κ1) is 14.0. The quantitative estimate of drug-likeness (QED) is 0.885. The van der Waals surface area contributed by atoms with Crippen LogP contribution in [0.25, 0.3) is 0 Å². The van der Waals surface area contributed by atoms with Gasteiger partial charge in [-0.05, 0) is 44.9 Å². The van der Waals surface area contributed by atoms with Crippen molar-refractivity contribution >= 4 is 22.0 Å². The molecule has 94 valence electrons. The van der Waals surface area contributed by atoms with Gasteiger partial charge in [0.25, 0.3) is 0 Å². The molecule has 4 heteroatoms. The van der Waals surface area contributed by atoms with Gasteiger partial charge < -0.3 is 10.6 Å². The van der Waals surface area contributed by atoms with E-state index in [4.69, 9.17) is 0 Å². The van der Waals surface area contributed by atoms with Gasteiger partial charge >= 0.3 is 6.03 Å². The van der Waals surface area contributed by atoms with E-state index in [9.17, 15) is 4.79 Å². The number of amides is 2. The van der Waals surface area contributed by atoms with E-state index in [0.29, 0.717) is 6.54 Å². The molecule has 0 unspecified atom stereocenters. The summed E-state index contributed by atoms with van der Waals surface area (Å²) < 4.78 is 1.07. The highest BCUT2D eigenvalue weighted by molar-refractivity contribution is 9.10. The first-order chi connectivity index (χ1) is 7.87. The van der Waals surface area contributed by atoms with Crippen LogP contribution in [-0.2, 0) is 6.42 Å². The van der Waals surface area contributed by atoms with Crippen molar-refractivity contribution in [3.63, 3.8) is 0 Å². The summed E-state index contributed by atoms with van der Waals surface area (Å²) in [6, 6.07) is 7.99. The van der Waals surface area contributed by atoms with Gasteiger partial charge in [0.05, 0.1) is 0 Å². The molecule has 0 aliphatic rings. The van der Waals surface area contributed by atoms with Crippen molar-refractivity contribution in [2.24, 2.45) is 0 Å². The van der Waals surface area contributed by atoms with Crippen LogP contribution in [0.4, 0.5) is 4.79 Å². The zero-order valence-corrected chi connectivity index (χ0v) is 12.1. The lowest BCUT2D eigenvalue weighted by molar-refractivity contribution is 0.232. The Morgan fingerprint density at radius 2 is 1.82 bits per heavy atom. The molecule has 0 aliphatic carbocycles. The van der Waals surface area contributed by atoms with E-state index in [0.717, 1.165) is 10.9 Å². The fourth-order valence-corrected chi connectivity index (χ4v) is 1.62. The maximum absolute atomic E-state index is 11.5. The molecule has 0 bridgehead atoms. The molecule has 2 N–H and O–H groups in total. The number of carbonyl (C=O) groups excluding carboxylic acids is 1. The minimum atomic E-state index is -0.193. The normalized spacial score (nSPS) is 11.1. The second-order valence-electron chi connectivity index (χ2n) is 5.01. The molecule has 0 aliphatic heterocycles. The topological polar surface area (TPSA) is 41.1 Å². The molecule has 0 saturated heterocycles. The van der Waals surface area contributed by atoms with E-state index in [1.165, 1.54) is 5.56 Å². The van der Waals surface area contributed by atoms with Crippen molar-refractivity contribution in [3.8, 4) is 0 Å². The average molecular weight is 299 g/mol. The van der Waals surface area contributed by atoms with Crippen molar-refractivity contribution in [2.75, 3.05) is 6.54 Å². The SMILES string of the molecule is CC(C)(C)NC(=O)NCCc1ccc(Br)cc1. The van der Waals surface area contributed by atoms with Crippen molar-refractivity contribution in [3.05, 3.63) is 34.3 Å². The molecular weight excluding hydrogens is 280 g/mol. The Hall–Kier alpha value is -1.03. The summed E-state index contributed by atoms with van der Waals surface area (Å²) in [6.45, 7) is 6.52. The molecule has 1 aromatic carbocycles. The maximum atomic E-state index is 11.5. The van der Waals surface area contributed by atoms with Crippen LogP contribution >= 0.6 is 15.9 Å². The summed E-state index contributed by atoms with van der Waals surface area (Å²) in [5, 5.41) is 5.70. The van der Waals surface area contributed by atoms with Crippen LogP contribution in [0.3, 0.4) is 0 Å². The van der Waals surface area contributed by atoms with Gasteiger partial charge in [-0.1, -0.05) is 28.1 Å². The Bertz CT molecular complexity index is 368. The molecule has 0 spiro atoms. The standard InChI is InChI=1S/C13H19BrN2O/c1-13(2,3)16-12(17)15-9-8-10-4-6-11(14)7-5-10/h4-7H,8-9H2,1-3H3,(H2,15,16,17). The Kier molecular flexibility index (Phi) is 5.00. The molecular formula is C13H19BrN2O. The van der Waals surface area contributed by atoms with E-state index < -0.39 is 0 Å². The predicted molar refractivity (Wildman–Crippen MR) is 74.1 cm³/mol. The fraction of sp³-hybridized carbons (Fsp3) is 0.462. The lowest BCUT2D eigenvalue weighted by atomic mass is 10.1. The van der Waals surface area contributed by atoms with Crippen LogP contribution < -0.4 is 10.6 Å². The fourth-order valence-electron chi connectivity index (χ4n) is 1.36. The van der Waals surface area contributed by atoms with Crippen LogP contribution in [0.1, 0.15) is 26.3 Å². The number of benzene rings is 1. The lowest BCUT2D eigenvalue weighted by Crippen LogP contribution is -2.46. The smallest absolute Gasteiger partial charge is 0.315 e. The van der Waals surface area contributed by atoms with E-state index in [1.54, 1.807) is 0 Å². The van der Waals surface area contributed by atoms with Gasteiger partial charge in [-0.3, -0.25) is 0 Å². The molecule has 0 radical (unpaired) electrons. The van der Waals surface area contributed by atoms with Crippen molar-refractivity contribution in [1.29, 1.82) is 0 Å². The third kappa shape index (κ3) is 6.31. The van der Waals surface area contributed by atoms with Gasteiger partial charge in [-0.15, -0.1) is 0 Å². The molecule has 0 saturated carbocycles. The maximum Gasteiger partial charge on any atom is 0.315 e. The van der Waals surface area contributed by atoms with Crippen LogP contribution in [0.2, 0.25) is 0 Å². The Balaban J connectivity index is 2.28. The Labute approximate surface area is 111 Å². The third-order valence-corrected chi connectivity index (χ3v) is 2.63. The summed E-state index contributed by atoms with van der Waals surface area (Å²) in [4.78, 5) is 11.5. The van der Waals surface area contributed by atoms with Gasteiger partial charge in [-0.2, -0.15) is 0 Å². The molecule has 2 amide bonds. The number of hydrogen-bond acceptors (Lipinski definition) is 1. The van der Waals surface area contributed by atoms with Crippen molar-refractivity contribution < 1.29 is 4.79 Å². The molecule has 1 aromatic rings. The molecule has 0 atom stereocenters. The molecule has 3 nitrogen and oxygen atoms in total. The number of hydrogen-bond donors (Lipinski definition) is 2. The highest BCUT2D eigenvalue weighted by Gasteiger charge is 2.12. The zero-order chi connectivity index (χ0) is 12.9. The number of halogens is 1. The van der Waals surface area contributed by atoms with E-state index in [2.05, 4.69) is 26.6 Å². The van der Waals surface area contributed by atoms with Crippen LogP contribution in [0, 0.1) is 0 Å². The second kappa shape index (κ2) is 6.05. The summed E-state index contributed by atoms with van der Waals surface area (Å²) in [5.74, 6) is 0. The van der Waals surface area contributed by atoms with Gasteiger partial charge in [0.2, 0.25) is 0 Å². The first-order valence-corrected chi connectivity index (χ1v) is 6.46. The minimum absolute atomic E-state index is 0.116. The summed E-state index contributed by atoms with van der Waals surface area (Å²) in [5.41, 5.74) is 1.02. The summed E-state index contributed by atoms with van der Waals surface area (Å²) in [7, 11) is 0. The molecule has 0 aromatic heterocycles. The number of carbonyl (C=O) groups is 1. The molecule has 0 heterocycles. The molecule has 0 fully saturated rings. The van der Waals surface area contributed by atoms with Crippen LogP contribution in [0.15, 0.2) is 28.7 Å². The van der Waals surface area contributed by atoms with Crippen molar-refractivity contribution in [1.82, 2.24) is 10.6 Å². The monoisotopic (exact) mass is 298 g/mol. The largest absolute Gasteiger partial charge is 0.338 e. The average Bonchev–Trinajstić information content (AvgIpc) is 2.18. The minimum Gasteiger partial charge on any atom is -0.338 e. The van der Waals surface area contributed by atoms with Gasteiger partial charge in [-0.25, -0.2) is 4.79 Å². The second-order valence-corrected chi connectivity index (χ2v) is 5.92. The predicted octanol–water partition coefficient (Wildman–Crippen LogP) is 3.09. The molecule has 1 rings (SSSR count). The summed E-state index contributed by atoms with van der Waals surface area (Å²) in [6.07, 6.45) is 0.838. The molecule has 17 heavy (non-hydrogen) atoms. The van der Waals surface area contributed by atoms with Crippen LogP contribution in [-0.4, -0.2) is 18.1 Å². The zero-order valence-electron chi connectivity index (χ0n) is 10.5. The van der Waals surface area contributed by atoms with Crippen LogP contribution in [0.5, 0.6) is 0 Å². The highest BCUT2D eigenvalue weighted by Crippen LogP contribution is 2.10. The summed E-state index contributed by atoms with van der Waals surface area (Å²) >= 11 is 3.39. The van der Waals surface area contributed by atoms with Gasteiger partial charge in [0, 0.05) is 16.6 Å². The number of rotatable bonds is 3. The third-order valence-electron chi connectivity index (χ3n) is 2.10.